The number of rotatable bonds is 6. The highest BCUT2D eigenvalue weighted by Gasteiger charge is 2.16. The number of benzene rings is 1. The normalized spacial score (nSPS) is 15.2. The Bertz CT molecular complexity index is 738. The van der Waals surface area contributed by atoms with E-state index in [1.807, 2.05) is 38.1 Å². The molecule has 2 aromatic rings. The van der Waals surface area contributed by atoms with Crippen molar-refractivity contribution in [3.05, 3.63) is 42.2 Å². The molecule has 0 unspecified atom stereocenters. The van der Waals surface area contributed by atoms with Crippen LogP contribution in [0.3, 0.4) is 0 Å². The van der Waals surface area contributed by atoms with Gasteiger partial charge in [-0.15, -0.1) is 0 Å². The standard InChI is InChI=1S/C21H28N4O2/c1-15(2)27-19-12-8-7-11-18(19)25-21-22-13-16(14-23-21)20(26)24-17-9-5-3-4-6-10-17/h7-8,11-15,17H,3-6,9-10H2,1-2H3,(H,24,26)(H,22,23,25). The zero-order valence-electron chi connectivity index (χ0n) is 16.1. The predicted molar refractivity (Wildman–Crippen MR) is 106 cm³/mol. The van der Waals surface area contributed by atoms with Gasteiger partial charge >= 0.3 is 0 Å². The summed E-state index contributed by atoms with van der Waals surface area (Å²) >= 11 is 0. The Balaban J connectivity index is 1.62. The Kier molecular flexibility index (Phi) is 6.63. The van der Waals surface area contributed by atoms with Crippen molar-refractivity contribution in [3.63, 3.8) is 0 Å². The number of amides is 1. The van der Waals surface area contributed by atoms with Gasteiger partial charge in [-0.25, -0.2) is 9.97 Å². The molecule has 0 aliphatic heterocycles. The SMILES string of the molecule is CC(C)Oc1ccccc1Nc1ncc(C(=O)NC2CCCCCC2)cn1. The Labute approximate surface area is 160 Å². The maximum Gasteiger partial charge on any atom is 0.254 e. The molecule has 1 aromatic carbocycles. The van der Waals surface area contributed by atoms with Gasteiger partial charge in [-0.05, 0) is 38.8 Å². The fraction of sp³-hybridized carbons (Fsp3) is 0.476. The summed E-state index contributed by atoms with van der Waals surface area (Å²) < 4.78 is 5.79. The van der Waals surface area contributed by atoms with Gasteiger partial charge in [0.2, 0.25) is 5.95 Å². The lowest BCUT2D eigenvalue weighted by atomic mass is 10.1. The van der Waals surface area contributed by atoms with Crippen LogP contribution in [0.1, 0.15) is 62.7 Å². The van der Waals surface area contributed by atoms with Crippen LogP contribution in [0.15, 0.2) is 36.7 Å². The van der Waals surface area contributed by atoms with Crippen LogP contribution in [0.2, 0.25) is 0 Å². The van der Waals surface area contributed by atoms with Gasteiger partial charge in [0.15, 0.2) is 0 Å². The largest absolute Gasteiger partial charge is 0.489 e. The Hall–Kier alpha value is -2.63. The van der Waals surface area contributed by atoms with Gasteiger partial charge in [-0.3, -0.25) is 4.79 Å². The number of nitrogens with zero attached hydrogens (tertiary/aromatic N) is 2. The maximum absolute atomic E-state index is 12.4. The highest BCUT2D eigenvalue weighted by molar-refractivity contribution is 5.93. The molecule has 6 nitrogen and oxygen atoms in total. The van der Waals surface area contributed by atoms with Crippen LogP contribution in [0.4, 0.5) is 11.6 Å². The maximum atomic E-state index is 12.4. The monoisotopic (exact) mass is 368 g/mol. The molecule has 27 heavy (non-hydrogen) atoms. The van der Waals surface area contributed by atoms with Crippen molar-refractivity contribution < 1.29 is 9.53 Å². The molecule has 0 atom stereocenters. The fourth-order valence-corrected chi connectivity index (χ4v) is 3.25. The van der Waals surface area contributed by atoms with E-state index >= 15 is 0 Å². The second kappa shape index (κ2) is 9.35. The molecule has 0 spiro atoms. The molecule has 1 aliphatic carbocycles. The smallest absolute Gasteiger partial charge is 0.254 e. The molecule has 1 fully saturated rings. The summed E-state index contributed by atoms with van der Waals surface area (Å²) in [5.74, 6) is 1.07. The first-order valence-electron chi connectivity index (χ1n) is 9.77. The number of hydrogen-bond acceptors (Lipinski definition) is 5. The lowest BCUT2D eigenvalue weighted by Gasteiger charge is -2.16. The highest BCUT2D eigenvalue weighted by Crippen LogP contribution is 2.27. The molecule has 1 aliphatic rings. The van der Waals surface area contributed by atoms with Gasteiger partial charge in [0, 0.05) is 18.4 Å². The van der Waals surface area contributed by atoms with E-state index in [2.05, 4.69) is 20.6 Å². The van der Waals surface area contributed by atoms with Crippen LogP contribution < -0.4 is 15.4 Å². The summed E-state index contributed by atoms with van der Waals surface area (Å²) in [6, 6.07) is 7.91. The van der Waals surface area contributed by atoms with E-state index in [1.165, 1.54) is 25.7 Å². The number of carbonyl (C=O) groups excluding carboxylic acids is 1. The summed E-state index contributed by atoms with van der Waals surface area (Å²) in [4.78, 5) is 21.0. The minimum atomic E-state index is -0.100. The van der Waals surface area contributed by atoms with Gasteiger partial charge < -0.3 is 15.4 Å². The third-order valence-corrected chi connectivity index (χ3v) is 4.60. The van der Waals surface area contributed by atoms with Crippen molar-refractivity contribution in [2.24, 2.45) is 0 Å². The average Bonchev–Trinajstić information content (AvgIpc) is 2.92. The molecular weight excluding hydrogens is 340 g/mol. The van der Waals surface area contributed by atoms with E-state index in [0.29, 0.717) is 11.5 Å². The van der Waals surface area contributed by atoms with Crippen molar-refractivity contribution in [3.8, 4) is 5.75 Å². The van der Waals surface area contributed by atoms with Gasteiger partial charge in [-0.1, -0.05) is 37.8 Å². The molecule has 3 rings (SSSR count). The minimum absolute atomic E-state index is 0.0731. The molecule has 0 radical (unpaired) electrons. The van der Waals surface area contributed by atoms with Crippen molar-refractivity contribution in [2.75, 3.05) is 5.32 Å². The molecule has 0 saturated heterocycles. The second-order valence-electron chi connectivity index (χ2n) is 7.25. The van der Waals surface area contributed by atoms with Crippen molar-refractivity contribution in [2.45, 2.75) is 64.5 Å². The zero-order valence-corrected chi connectivity index (χ0v) is 16.1. The Morgan fingerprint density at radius 1 is 1.07 bits per heavy atom. The summed E-state index contributed by atoms with van der Waals surface area (Å²) in [6.07, 6.45) is 10.2. The minimum Gasteiger partial charge on any atom is -0.489 e. The topological polar surface area (TPSA) is 76.1 Å². The molecular formula is C21H28N4O2. The molecule has 1 amide bonds. The number of nitrogens with one attached hydrogen (secondary N) is 2. The summed E-state index contributed by atoms with van der Waals surface area (Å²) in [6.45, 7) is 3.96. The third-order valence-electron chi connectivity index (χ3n) is 4.60. The van der Waals surface area contributed by atoms with Crippen LogP contribution in [-0.4, -0.2) is 28.0 Å². The van der Waals surface area contributed by atoms with Crippen molar-refractivity contribution in [1.29, 1.82) is 0 Å². The lowest BCUT2D eigenvalue weighted by molar-refractivity contribution is 0.0932. The molecule has 144 valence electrons. The van der Waals surface area contributed by atoms with Crippen LogP contribution >= 0.6 is 0 Å². The Morgan fingerprint density at radius 2 is 1.74 bits per heavy atom. The lowest BCUT2D eigenvalue weighted by Crippen LogP contribution is -2.34. The number of hydrogen-bond donors (Lipinski definition) is 2. The second-order valence-corrected chi connectivity index (χ2v) is 7.25. The van der Waals surface area contributed by atoms with E-state index in [-0.39, 0.29) is 18.1 Å². The summed E-state index contributed by atoms with van der Waals surface area (Å²) in [7, 11) is 0. The van der Waals surface area contributed by atoms with Gasteiger partial charge in [-0.2, -0.15) is 0 Å². The van der Waals surface area contributed by atoms with Crippen LogP contribution in [0, 0.1) is 0 Å². The van der Waals surface area contributed by atoms with Gasteiger partial charge in [0.05, 0.1) is 17.4 Å². The van der Waals surface area contributed by atoms with Crippen molar-refractivity contribution in [1.82, 2.24) is 15.3 Å². The molecule has 2 N–H and O–H groups in total. The number of aromatic nitrogens is 2. The quantitative estimate of drug-likeness (QED) is 0.736. The van der Waals surface area contributed by atoms with Crippen molar-refractivity contribution >= 4 is 17.5 Å². The molecule has 1 heterocycles. The van der Waals surface area contributed by atoms with E-state index in [9.17, 15) is 4.79 Å². The number of ether oxygens (including phenoxy) is 1. The van der Waals surface area contributed by atoms with Gasteiger partial charge in [0.1, 0.15) is 5.75 Å². The molecule has 1 saturated carbocycles. The first kappa shape index (κ1) is 19.1. The average molecular weight is 368 g/mol. The van der Waals surface area contributed by atoms with E-state index in [0.717, 1.165) is 24.3 Å². The number of carbonyl (C=O) groups is 1. The fourth-order valence-electron chi connectivity index (χ4n) is 3.25. The summed E-state index contributed by atoms with van der Waals surface area (Å²) in [5, 5.41) is 6.27. The first-order chi connectivity index (χ1) is 13.1. The first-order valence-corrected chi connectivity index (χ1v) is 9.77. The number of para-hydroxylation sites is 2. The molecule has 1 aromatic heterocycles. The van der Waals surface area contributed by atoms with Crippen LogP contribution in [0.5, 0.6) is 5.75 Å². The molecule has 0 bridgehead atoms. The third kappa shape index (κ3) is 5.67. The van der Waals surface area contributed by atoms with Crippen LogP contribution in [-0.2, 0) is 0 Å². The van der Waals surface area contributed by atoms with Crippen LogP contribution in [0.25, 0.3) is 0 Å². The van der Waals surface area contributed by atoms with Gasteiger partial charge in [0.25, 0.3) is 5.91 Å². The molecule has 6 heteroatoms. The highest BCUT2D eigenvalue weighted by atomic mass is 16.5. The van der Waals surface area contributed by atoms with E-state index in [1.54, 1.807) is 12.4 Å². The zero-order chi connectivity index (χ0) is 19.1. The van der Waals surface area contributed by atoms with E-state index in [4.69, 9.17) is 4.74 Å². The Morgan fingerprint density at radius 3 is 2.41 bits per heavy atom. The number of anilines is 2. The predicted octanol–water partition coefficient (Wildman–Crippen LogP) is 4.46. The van der Waals surface area contributed by atoms with E-state index < -0.39 is 0 Å². The summed E-state index contributed by atoms with van der Waals surface area (Å²) in [5.41, 5.74) is 1.28.